The molecule has 1 atom stereocenters. The number of aromatic nitrogens is 1. The van der Waals surface area contributed by atoms with E-state index in [2.05, 4.69) is 37.6 Å². The van der Waals surface area contributed by atoms with Gasteiger partial charge in [0.2, 0.25) is 10.0 Å². The molecule has 6 nitrogen and oxygen atoms in total. The van der Waals surface area contributed by atoms with Crippen molar-refractivity contribution in [1.82, 2.24) is 8.87 Å². The maximum Gasteiger partial charge on any atom is 0.252 e. The van der Waals surface area contributed by atoms with E-state index in [4.69, 9.17) is 0 Å². The van der Waals surface area contributed by atoms with Crippen LogP contribution in [-0.4, -0.2) is 36.3 Å². The third-order valence-electron chi connectivity index (χ3n) is 5.93. The van der Waals surface area contributed by atoms with Gasteiger partial charge in [0.1, 0.15) is 0 Å². The number of nitrogens with zero attached hydrogens (tertiary/aromatic N) is 3. The Morgan fingerprint density at radius 3 is 2.66 bits per heavy atom. The second-order valence-corrected chi connectivity index (χ2v) is 11.1. The lowest BCUT2D eigenvalue weighted by Crippen LogP contribution is -2.42. The molecular formula is C24H27N3O3S2. The topological polar surface area (TPSA) is 71.7 Å². The van der Waals surface area contributed by atoms with Gasteiger partial charge in [0.25, 0.3) is 5.91 Å². The van der Waals surface area contributed by atoms with E-state index in [1.807, 2.05) is 4.57 Å². The molecule has 2 heterocycles. The summed E-state index contributed by atoms with van der Waals surface area (Å²) in [5, 5.41) is 0. The highest BCUT2D eigenvalue weighted by Crippen LogP contribution is 2.25. The van der Waals surface area contributed by atoms with E-state index in [1.165, 1.54) is 26.8 Å². The van der Waals surface area contributed by atoms with Gasteiger partial charge in [-0.2, -0.15) is 9.30 Å². The Hall–Kier alpha value is -2.55. The average molecular weight is 470 g/mol. The molecule has 0 bridgehead atoms. The number of amides is 1. The number of thiazole rings is 1. The third-order valence-corrected chi connectivity index (χ3v) is 8.85. The lowest BCUT2D eigenvalue weighted by Gasteiger charge is -2.30. The Labute approximate surface area is 192 Å². The van der Waals surface area contributed by atoms with Crippen molar-refractivity contribution in [2.24, 2.45) is 10.9 Å². The zero-order valence-corrected chi connectivity index (χ0v) is 20.0. The Morgan fingerprint density at radius 1 is 1.22 bits per heavy atom. The van der Waals surface area contributed by atoms with Crippen LogP contribution in [0.2, 0.25) is 0 Å². The van der Waals surface area contributed by atoms with E-state index in [9.17, 15) is 13.2 Å². The normalized spacial score (nSPS) is 18.2. The minimum atomic E-state index is -3.62. The summed E-state index contributed by atoms with van der Waals surface area (Å²) in [6, 6.07) is 12.6. The minimum Gasteiger partial charge on any atom is -0.312 e. The smallest absolute Gasteiger partial charge is 0.252 e. The molecule has 4 rings (SSSR count). The summed E-state index contributed by atoms with van der Waals surface area (Å²) in [5.74, 6) is -0.719. The number of allylic oxidation sites excluding steroid dienone is 1. The van der Waals surface area contributed by atoms with Gasteiger partial charge in [-0.25, -0.2) is 8.42 Å². The molecule has 1 aliphatic rings. The van der Waals surface area contributed by atoms with E-state index in [0.29, 0.717) is 30.7 Å². The fourth-order valence-electron chi connectivity index (χ4n) is 4.00. The molecule has 0 radical (unpaired) electrons. The highest BCUT2D eigenvalue weighted by Gasteiger charge is 2.33. The molecule has 2 aromatic carbocycles. The van der Waals surface area contributed by atoms with Gasteiger partial charge >= 0.3 is 0 Å². The van der Waals surface area contributed by atoms with Gasteiger partial charge in [0.15, 0.2) is 4.80 Å². The number of hydrogen-bond donors (Lipinski definition) is 0. The molecule has 0 N–H and O–H groups in total. The summed E-state index contributed by atoms with van der Waals surface area (Å²) < 4.78 is 30.5. The summed E-state index contributed by atoms with van der Waals surface area (Å²) in [6.45, 7) is 9.10. The van der Waals surface area contributed by atoms with E-state index < -0.39 is 15.9 Å². The van der Waals surface area contributed by atoms with E-state index in [-0.39, 0.29) is 17.3 Å². The molecule has 3 aromatic rings. The van der Waals surface area contributed by atoms with Crippen LogP contribution in [-0.2, 0) is 21.4 Å². The molecule has 1 aliphatic heterocycles. The zero-order chi connectivity index (χ0) is 22.9. The molecule has 32 heavy (non-hydrogen) atoms. The van der Waals surface area contributed by atoms with E-state index in [0.717, 1.165) is 10.2 Å². The average Bonchev–Trinajstić information content (AvgIpc) is 3.10. The second-order valence-electron chi connectivity index (χ2n) is 8.15. The maximum atomic E-state index is 13.1. The van der Waals surface area contributed by atoms with Gasteiger partial charge in [0.05, 0.1) is 21.0 Å². The maximum absolute atomic E-state index is 13.1. The van der Waals surface area contributed by atoms with Crippen LogP contribution in [0, 0.1) is 19.8 Å². The first-order valence-corrected chi connectivity index (χ1v) is 12.9. The van der Waals surface area contributed by atoms with Crippen LogP contribution in [0.3, 0.4) is 0 Å². The number of sulfonamides is 1. The summed E-state index contributed by atoms with van der Waals surface area (Å²) in [4.78, 5) is 18.5. The first-order chi connectivity index (χ1) is 15.3. The summed E-state index contributed by atoms with van der Waals surface area (Å²) >= 11 is 1.48. The van der Waals surface area contributed by atoms with Crippen LogP contribution in [0.25, 0.3) is 10.2 Å². The van der Waals surface area contributed by atoms with E-state index in [1.54, 1.807) is 36.4 Å². The largest absolute Gasteiger partial charge is 0.312 e. The molecule has 1 unspecified atom stereocenters. The van der Waals surface area contributed by atoms with Crippen LogP contribution < -0.4 is 4.80 Å². The highest BCUT2D eigenvalue weighted by molar-refractivity contribution is 7.89. The molecule has 1 amide bonds. The SMILES string of the molecule is C=CCn1c(=NC(=O)C2CCCN(S(=O)(=O)c3ccccc3)C2)sc2cc(C)c(C)cc21. The van der Waals surface area contributed by atoms with Gasteiger partial charge in [-0.15, -0.1) is 6.58 Å². The molecule has 8 heteroatoms. The van der Waals surface area contributed by atoms with Crippen molar-refractivity contribution in [1.29, 1.82) is 0 Å². The molecular weight excluding hydrogens is 442 g/mol. The minimum absolute atomic E-state index is 0.157. The predicted octanol–water partition coefficient (Wildman–Crippen LogP) is 4.03. The number of fused-ring (bicyclic) bond motifs is 1. The van der Waals surface area contributed by atoms with Crippen molar-refractivity contribution in [3.05, 3.63) is 71.0 Å². The van der Waals surface area contributed by atoms with Crippen LogP contribution in [0.5, 0.6) is 0 Å². The lowest BCUT2D eigenvalue weighted by atomic mass is 9.99. The Morgan fingerprint density at radius 2 is 1.94 bits per heavy atom. The number of carbonyl (C=O) groups excluding carboxylic acids is 1. The van der Waals surface area contributed by atoms with Crippen molar-refractivity contribution < 1.29 is 13.2 Å². The number of hydrogen-bond acceptors (Lipinski definition) is 4. The van der Waals surface area contributed by atoms with Crippen molar-refractivity contribution in [2.75, 3.05) is 13.1 Å². The van der Waals surface area contributed by atoms with Crippen molar-refractivity contribution in [3.63, 3.8) is 0 Å². The molecule has 168 valence electrons. The van der Waals surface area contributed by atoms with Crippen molar-refractivity contribution in [3.8, 4) is 0 Å². The summed E-state index contributed by atoms with van der Waals surface area (Å²) in [7, 11) is -3.62. The van der Waals surface area contributed by atoms with Gasteiger partial charge < -0.3 is 4.57 Å². The second kappa shape index (κ2) is 9.13. The van der Waals surface area contributed by atoms with Crippen LogP contribution in [0.1, 0.15) is 24.0 Å². The number of rotatable bonds is 5. The van der Waals surface area contributed by atoms with Gasteiger partial charge in [-0.05, 0) is 62.1 Å². The molecule has 0 spiro atoms. The van der Waals surface area contributed by atoms with Crippen LogP contribution >= 0.6 is 11.3 Å². The molecule has 1 fully saturated rings. The molecule has 1 aromatic heterocycles. The molecule has 0 aliphatic carbocycles. The lowest BCUT2D eigenvalue weighted by molar-refractivity contribution is -0.122. The molecule has 1 saturated heterocycles. The first kappa shape index (κ1) is 22.6. The zero-order valence-electron chi connectivity index (χ0n) is 18.3. The van der Waals surface area contributed by atoms with Gasteiger partial charge in [0, 0.05) is 19.6 Å². The quantitative estimate of drug-likeness (QED) is 0.530. The number of benzene rings is 2. The van der Waals surface area contributed by atoms with Crippen LogP contribution in [0.4, 0.5) is 0 Å². The Bertz CT molecular complexity index is 1340. The van der Waals surface area contributed by atoms with Gasteiger partial charge in [-0.1, -0.05) is 35.6 Å². The monoisotopic (exact) mass is 469 g/mol. The van der Waals surface area contributed by atoms with E-state index >= 15 is 0 Å². The Balaban J connectivity index is 1.65. The third kappa shape index (κ3) is 4.35. The number of piperidine rings is 1. The fourth-order valence-corrected chi connectivity index (χ4v) is 6.67. The fraction of sp³-hybridized carbons (Fsp3) is 0.333. The number of aryl methyl sites for hydroxylation is 2. The van der Waals surface area contributed by atoms with Crippen LogP contribution in [0.15, 0.2) is 65.0 Å². The van der Waals surface area contributed by atoms with Crippen molar-refractivity contribution in [2.45, 2.75) is 38.1 Å². The number of carbonyl (C=O) groups is 1. The standard InChI is InChI=1S/C24H27N3O3S2/c1-4-12-27-21-14-17(2)18(3)15-22(21)31-24(27)25-23(28)19-9-8-13-26(16-19)32(29,30)20-10-6-5-7-11-20/h4-7,10-11,14-15,19H,1,8-9,12-13,16H2,2-3H3. The van der Waals surface area contributed by atoms with Crippen molar-refractivity contribution >= 4 is 37.5 Å². The predicted molar refractivity (Wildman–Crippen MR) is 128 cm³/mol. The van der Waals surface area contributed by atoms with Gasteiger partial charge in [-0.3, -0.25) is 4.79 Å². The highest BCUT2D eigenvalue weighted by atomic mass is 32.2. The Kier molecular flexibility index (Phi) is 6.46. The first-order valence-electron chi connectivity index (χ1n) is 10.7. The molecule has 0 saturated carbocycles. The summed E-state index contributed by atoms with van der Waals surface area (Å²) in [6.07, 6.45) is 3.06. The summed E-state index contributed by atoms with van der Waals surface area (Å²) in [5.41, 5.74) is 3.40.